The molecule has 208 valence electrons. The zero-order chi connectivity index (χ0) is 28.8. The predicted molar refractivity (Wildman–Crippen MR) is 161 cm³/mol. The fourth-order valence-corrected chi connectivity index (χ4v) is 3.57. The van der Waals surface area contributed by atoms with E-state index in [4.69, 9.17) is 9.73 Å². The van der Waals surface area contributed by atoms with Crippen molar-refractivity contribution in [3.8, 4) is 0 Å². The van der Waals surface area contributed by atoms with Crippen molar-refractivity contribution in [2.24, 2.45) is 15.9 Å². The molecule has 0 saturated carbocycles. The lowest BCUT2D eigenvalue weighted by Crippen LogP contribution is -2.32. The summed E-state index contributed by atoms with van der Waals surface area (Å²) in [4.78, 5) is 36.9. The molecule has 0 aliphatic rings. The summed E-state index contributed by atoms with van der Waals surface area (Å²) >= 11 is 0. The number of allylic oxidation sites excluding steroid dienone is 2. The highest BCUT2D eigenvalue weighted by Gasteiger charge is 2.24. The molecule has 0 unspecified atom stereocenters. The first kappa shape index (κ1) is 31.2. The molecule has 2 amide bonds. The van der Waals surface area contributed by atoms with Crippen LogP contribution in [0.2, 0.25) is 0 Å². The van der Waals surface area contributed by atoms with Gasteiger partial charge in [-0.15, -0.1) is 0 Å². The summed E-state index contributed by atoms with van der Waals surface area (Å²) in [5.74, 6) is 0.510. The first-order chi connectivity index (χ1) is 18.7. The molecule has 0 radical (unpaired) electrons. The maximum Gasteiger partial charge on any atom is 0.424 e. The Labute approximate surface area is 233 Å². The highest BCUT2D eigenvalue weighted by Crippen LogP contribution is 2.30. The SMILES string of the molecule is CCCC\C=N/C(C(/OC(=O)N(c1ccccc1)c1ccccc1)=C(\C)CC)=C(C)/N=C(\C)NC(=O)C(C)C. The van der Waals surface area contributed by atoms with Crippen LogP contribution < -0.4 is 10.2 Å². The Balaban J connectivity index is 2.59. The van der Waals surface area contributed by atoms with Crippen LogP contribution >= 0.6 is 0 Å². The maximum absolute atomic E-state index is 13.8. The molecular formula is C32H42N4O3. The summed E-state index contributed by atoms with van der Waals surface area (Å²) in [6.07, 6.45) is 4.74. The number of anilines is 2. The number of rotatable bonds is 11. The van der Waals surface area contributed by atoms with Gasteiger partial charge in [-0.3, -0.25) is 9.79 Å². The molecule has 0 heterocycles. The number of ether oxygens (including phenoxy) is 1. The number of aliphatic imine (C=N–C) groups is 2. The number of para-hydroxylation sites is 2. The molecular weight excluding hydrogens is 488 g/mol. The second kappa shape index (κ2) is 16.1. The molecule has 0 saturated heterocycles. The number of amidine groups is 1. The van der Waals surface area contributed by atoms with Crippen molar-refractivity contribution in [3.63, 3.8) is 0 Å². The number of amides is 2. The van der Waals surface area contributed by atoms with Crippen LogP contribution in [0, 0.1) is 5.92 Å². The molecule has 2 rings (SSSR count). The monoisotopic (exact) mass is 530 g/mol. The highest BCUT2D eigenvalue weighted by molar-refractivity contribution is 5.98. The van der Waals surface area contributed by atoms with Crippen molar-refractivity contribution in [1.82, 2.24) is 5.32 Å². The average Bonchev–Trinajstić information content (AvgIpc) is 2.92. The van der Waals surface area contributed by atoms with Crippen LogP contribution in [-0.4, -0.2) is 24.1 Å². The van der Waals surface area contributed by atoms with Gasteiger partial charge in [0, 0.05) is 12.1 Å². The Morgan fingerprint density at radius 3 is 2.00 bits per heavy atom. The van der Waals surface area contributed by atoms with Gasteiger partial charge in [0.05, 0.1) is 17.1 Å². The lowest BCUT2D eigenvalue weighted by molar-refractivity contribution is -0.122. The van der Waals surface area contributed by atoms with Gasteiger partial charge in [0.15, 0.2) is 5.76 Å². The van der Waals surface area contributed by atoms with E-state index in [1.807, 2.05) is 94.6 Å². The molecule has 0 aliphatic carbocycles. The van der Waals surface area contributed by atoms with Crippen LogP contribution in [-0.2, 0) is 9.53 Å². The summed E-state index contributed by atoms with van der Waals surface area (Å²) in [6, 6.07) is 18.8. The number of carbonyl (C=O) groups excluding carboxylic acids is 2. The van der Waals surface area contributed by atoms with E-state index in [9.17, 15) is 9.59 Å². The Morgan fingerprint density at radius 1 is 0.949 bits per heavy atom. The first-order valence-corrected chi connectivity index (χ1v) is 13.6. The van der Waals surface area contributed by atoms with E-state index in [1.54, 1.807) is 13.8 Å². The Kier molecular flexibility index (Phi) is 12.9. The number of unbranched alkanes of at least 4 members (excludes halogenated alkanes) is 2. The number of nitrogens with zero attached hydrogens (tertiary/aromatic N) is 3. The number of nitrogens with one attached hydrogen (secondary N) is 1. The molecule has 7 nitrogen and oxygen atoms in total. The van der Waals surface area contributed by atoms with Crippen LogP contribution in [0.3, 0.4) is 0 Å². The van der Waals surface area contributed by atoms with Crippen molar-refractivity contribution in [2.75, 3.05) is 4.90 Å². The van der Waals surface area contributed by atoms with Gasteiger partial charge in [0.1, 0.15) is 11.5 Å². The number of benzene rings is 2. The fraction of sp³-hybridized carbons (Fsp3) is 0.375. The van der Waals surface area contributed by atoms with Gasteiger partial charge in [-0.2, -0.15) is 0 Å². The number of hydrogen-bond acceptors (Lipinski definition) is 5. The van der Waals surface area contributed by atoms with Crippen LogP contribution in [0.25, 0.3) is 0 Å². The zero-order valence-corrected chi connectivity index (χ0v) is 24.3. The predicted octanol–water partition coefficient (Wildman–Crippen LogP) is 8.33. The highest BCUT2D eigenvalue weighted by atomic mass is 16.6. The van der Waals surface area contributed by atoms with Gasteiger partial charge >= 0.3 is 6.09 Å². The van der Waals surface area contributed by atoms with Gasteiger partial charge in [-0.1, -0.05) is 70.5 Å². The molecule has 1 N–H and O–H groups in total. The van der Waals surface area contributed by atoms with Crippen LogP contribution in [0.4, 0.5) is 16.2 Å². The summed E-state index contributed by atoms with van der Waals surface area (Å²) in [6.45, 7) is 13.2. The first-order valence-electron chi connectivity index (χ1n) is 13.6. The molecule has 39 heavy (non-hydrogen) atoms. The van der Waals surface area contributed by atoms with Gasteiger partial charge < -0.3 is 10.1 Å². The van der Waals surface area contributed by atoms with E-state index < -0.39 is 6.09 Å². The Hall–Kier alpha value is -4.00. The summed E-state index contributed by atoms with van der Waals surface area (Å²) in [5, 5.41) is 2.82. The molecule has 0 spiro atoms. The van der Waals surface area contributed by atoms with Gasteiger partial charge in [0.2, 0.25) is 5.91 Å². The van der Waals surface area contributed by atoms with Gasteiger partial charge in [-0.25, -0.2) is 14.7 Å². The van der Waals surface area contributed by atoms with E-state index in [1.165, 1.54) is 4.90 Å². The second-order valence-electron chi connectivity index (χ2n) is 9.57. The third kappa shape index (κ3) is 9.67. The minimum Gasteiger partial charge on any atom is -0.407 e. The van der Waals surface area contributed by atoms with E-state index in [-0.39, 0.29) is 11.8 Å². The topological polar surface area (TPSA) is 83.4 Å². The van der Waals surface area contributed by atoms with Crippen LogP contribution in [0.1, 0.15) is 74.1 Å². The molecule has 0 aromatic heterocycles. The third-order valence-electron chi connectivity index (χ3n) is 5.95. The number of carbonyl (C=O) groups is 2. The van der Waals surface area contributed by atoms with Gasteiger partial charge in [-0.05, 0) is 69.9 Å². The van der Waals surface area contributed by atoms with Crippen LogP contribution in [0.5, 0.6) is 0 Å². The Morgan fingerprint density at radius 2 is 1.51 bits per heavy atom. The van der Waals surface area contributed by atoms with E-state index in [0.717, 1.165) is 24.8 Å². The quantitative estimate of drug-likeness (QED) is 0.104. The maximum atomic E-state index is 13.8. The molecule has 7 heteroatoms. The van der Waals surface area contributed by atoms with E-state index in [2.05, 4.69) is 17.2 Å². The summed E-state index contributed by atoms with van der Waals surface area (Å²) in [5.41, 5.74) is 3.21. The average molecular weight is 531 g/mol. The lowest BCUT2D eigenvalue weighted by atomic mass is 10.1. The van der Waals surface area contributed by atoms with Crippen molar-refractivity contribution < 1.29 is 14.3 Å². The smallest absolute Gasteiger partial charge is 0.407 e. The standard InChI is InChI=1S/C32H42N4O3/c1-8-10-17-22-33-29(25(6)34-26(7)35-31(37)23(3)4)30(24(5)9-2)39-32(38)36(27-18-13-11-14-19-27)28-20-15-12-16-21-28/h11-16,18-23H,8-10,17H2,1-7H3,(H,34,35,37)/b29-25+,30-24-,33-22-. The van der Waals surface area contributed by atoms with E-state index >= 15 is 0 Å². The van der Waals surface area contributed by atoms with Crippen molar-refractivity contribution in [2.45, 2.75) is 74.1 Å². The minimum atomic E-state index is -0.557. The van der Waals surface area contributed by atoms with Gasteiger partial charge in [0.25, 0.3) is 0 Å². The molecule has 0 atom stereocenters. The second-order valence-corrected chi connectivity index (χ2v) is 9.57. The van der Waals surface area contributed by atoms with Crippen molar-refractivity contribution in [3.05, 3.63) is 83.4 Å². The minimum absolute atomic E-state index is 0.120. The molecule has 0 fully saturated rings. The van der Waals surface area contributed by atoms with Crippen molar-refractivity contribution >= 4 is 35.4 Å². The fourth-order valence-electron chi connectivity index (χ4n) is 3.57. The summed E-state index contributed by atoms with van der Waals surface area (Å²) < 4.78 is 6.15. The molecule has 0 aliphatic heterocycles. The molecule has 0 bridgehead atoms. The summed E-state index contributed by atoms with van der Waals surface area (Å²) in [7, 11) is 0. The van der Waals surface area contributed by atoms with Crippen molar-refractivity contribution in [1.29, 1.82) is 0 Å². The van der Waals surface area contributed by atoms with Crippen LogP contribution in [0.15, 0.2) is 93.4 Å². The van der Waals surface area contributed by atoms with E-state index in [0.29, 0.717) is 40.8 Å². The molecule has 2 aromatic carbocycles. The number of hydrogen-bond donors (Lipinski definition) is 1. The Bertz CT molecular complexity index is 1170. The molecule has 2 aromatic rings. The largest absolute Gasteiger partial charge is 0.424 e. The lowest BCUT2D eigenvalue weighted by Gasteiger charge is -2.24. The zero-order valence-electron chi connectivity index (χ0n) is 24.3. The third-order valence-corrected chi connectivity index (χ3v) is 5.95. The normalized spacial score (nSPS) is 13.2.